The number of aromatic nitrogens is 2. The summed E-state index contributed by atoms with van der Waals surface area (Å²) < 4.78 is 31.5. The van der Waals surface area contributed by atoms with Crippen LogP contribution in [0.1, 0.15) is 28.2 Å². The van der Waals surface area contributed by atoms with Crippen molar-refractivity contribution in [1.82, 2.24) is 10.1 Å². The van der Waals surface area contributed by atoms with Crippen LogP contribution in [0.4, 0.5) is 8.78 Å². The molecule has 0 fully saturated rings. The Balaban J connectivity index is 1.79. The lowest BCUT2D eigenvalue weighted by molar-refractivity contribution is 0.364. The number of hydrogen-bond acceptors (Lipinski definition) is 5. The topological polar surface area (TPSA) is 64.9 Å². The van der Waals surface area contributed by atoms with Crippen LogP contribution in [0.25, 0.3) is 0 Å². The SMILES string of the molecule is NC(c1nc(Cc2ccc(F)cc2F)no1)c1cccs1. The number of nitrogens with two attached hydrogens (primary N) is 1. The minimum absolute atomic E-state index is 0.118. The van der Waals surface area contributed by atoms with E-state index < -0.39 is 17.7 Å². The monoisotopic (exact) mass is 307 g/mol. The van der Waals surface area contributed by atoms with Crippen LogP contribution in [0, 0.1) is 11.6 Å². The molecule has 3 aromatic rings. The standard InChI is InChI=1S/C14H11F2N3OS/c15-9-4-3-8(10(16)7-9)6-12-18-14(20-19-12)13(17)11-2-1-5-21-11/h1-5,7,13H,6,17H2. The maximum Gasteiger partial charge on any atom is 0.248 e. The summed E-state index contributed by atoms with van der Waals surface area (Å²) in [6.07, 6.45) is 0.118. The Morgan fingerprint density at radius 3 is 2.86 bits per heavy atom. The van der Waals surface area contributed by atoms with Crippen LogP contribution in [0.3, 0.4) is 0 Å². The van der Waals surface area contributed by atoms with Gasteiger partial charge in [-0.3, -0.25) is 0 Å². The van der Waals surface area contributed by atoms with Crippen LogP contribution in [-0.2, 0) is 6.42 Å². The highest BCUT2D eigenvalue weighted by atomic mass is 32.1. The lowest BCUT2D eigenvalue weighted by Crippen LogP contribution is -2.10. The molecule has 0 aliphatic rings. The Morgan fingerprint density at radius 2 is 2.14 bits per heavy atom. The van der Waals surface area contributed by atoms with Gasteiger partial charge in [0.25, 0.3) is 0 Å². The van der Waals surface area contributed by atoms with Gasteiger partial charge < -0.3 is 10.3 Å². The fraction of sp³-hybridized carbons (Fsp3) is 0.143. The first-order chi connectivity index (χ1) is 10.1. The summed E-state index contributed by atoms with van der Waals surface area (Å²) in [5, 5.41) is 5.69. The second-order valence-corrected chi connectivity index (χ2v) is 5.43. The third-order valence-corrected chi connectivity index (χ3v) is 3.92. The van der Waals surface area contributed by atoms with E-state index in [4.69, 9.17) is 10.3 Å². The van der Waals surface area contributed by atoms with Gasteiger partial charge >= 0.3 is 0 Å². The van der Waals surface area contributed by atoms with Gasteiger partial charge in [0, 0.05) is 17.4 Å². The number of benzene rings is 1. The van der Waals surface area contributed by atoms with Gasteiger partial charge in [-0.05, 0) is 23.1 Å². The maximum atomic E-state index is 13.6. The molecule has 0 amide bonds. The van der Waals surface area contributed by atoms with E-state index in [1.807, 2.05) is 17.5 Å². The van der Waals surface area contributed by atoms with Crippen molar-refractivity contribution in [1.29, 1.82) is 0 Å². The van der Waals surface area contributed by atoms with Crippen molar-refractivity contribution in [3.63, 3.8) is 0 Å². The lowest BCUT2D eigenvalue weighted by Gasteiger charge is -2.02. The average molecular weight is 307 g/mol. The summed E-state index contributed by atoms with van der Waals surface area (Å²) in [4.78, 5) is 5.07. The first-order valence-corrected chi connectivity index (χ1v) is 7.07. The molecule has 1 atom stereocenters. The van der Waals surface area contributed by atoms with Crippen LogP contribution in [-0.4, -0.2) is 10.1 Å². The van der Waals surface area contributed by atoms with Crippen molar-refractivity contribution >= 4 is 11.3 Å². The zero-order valence-corrected chi connectivity index (χ0v) is 11.6. The quantitative estimate of drug-likeness (QED) is 0.804. The Bertz CT molecular complexity index is 743. The van der Waals surface area contributed by atoms with Crippen molar-refractivity contribution in [2.45, 2.75) is 12.5 Å². The molecule has 0 radical (unpaired) electrons. The normalized spacial score (nSPS) is 12.5. The molecule has 7 heteroatoms. The van der Waals surface area contributed by atoms with Crippen molar-refractivity contribution in [2.24, 2.45) is 5.73 Å². The molecule has 0 bridgehead atoms. The Hall–Kier alpha value is -2.12. The zero-order valence-electron chi connectivity index (χ0n) is 10.8. The molecule has 1 aromatic carbocycles. The molecule has 0 aliphatic carbocycles. The lowest BCUT2D eigenvalue weighted by atomic mass is 10.1. The predicted octanol–water partition coefficient (Wildman–Crippen LogP) is 3.05. The van der Waals surface area contributed by atoms with Crippen LogP contribution in [0.2, 0.25) is 0 Å². The van der Waals surface area contributed by atoms with Crippen molar-refractivity contribution in [2.75, 3.05) is 0 Å². The number of halogens is 2. The van der Waals surface area contributed by atoms with E-state index in [-0.39, 0.29) is 12.3 Å². The summed E-state index contributed by atoms with van der Waals surface area (Å²) in [6.45, 7) is 0. The van der Waals surface area contributed by atoms with Gasteiger partial charge in [-0.2, -0.15) is 4.98 Å². The van der Waals surface area contributed by atoms with E-state index in [1.54, 1.807) is 0 Å². The summed E-state index contributed by atoms with van der Waals surface area (Å²) in [5.74, 6) is -0.675. The van der Waals surface area contributed by atoms with E-state index >= 15 is 0 Å². The maximum absolute atomic E-state index is 13.6. The van der Waals surface area contributed by atoms with Crippen LogP contribution < -0.4 is 5.73 Å². The van der Waals surface area contributed by atoms with Crippen molar-refractivity contribution in [3.8, 4) is 0 Å². The second kappa shape index (κ2) is 5.71. The Kier molecular flexibility index (Phi) is 3.76. The third kappa shape index (κ3) is 2.98. The van der Waals surface area contributed by atoms with Crippen molar-refractivity contribution < 1.29 is 13.3 Å². The van der Waals surface area contributed by atoms with Crippen LogP contribution in [0.15, 0.2) is 40.2 Å². The summed E-state index contributed by atoms with van der Waals surface area (Å²) in [6, 6.07) is 6.64. The molecule has 2 N–H and O–H groups in total. The Labute approximate surface area is 123 Å². The van der Waals surface area contributed by atoms with E-state index in [0.717, 1.165) is 10.9 Å². The second-order valence-electron chi connectivity index (χ2n) is 4.45. The average Bonchev–Trinajstić information content (AvgIpc) is 3.12. The molecular weight excluding hydrogens is 296 g/mol. The van der Waals surface area contributed by atoms with E-state index in [1.165, 1.54) is 23.5 Å². The number of nitrogens with zero attached hydrogens (tertiary/aromatic N) is 2. The molecular formula is C14H11F2N3OS. The van der Waals surface area contributed by atoms with E-state index in [2.05, 4.69) is 10.1 Å². The molecule has 0 aliphatic heterocycles. The molecule has 0 saturated heterocycles. The number of rotatable bonds is 4. The zero-order chi connectivity index (χ0) is 14.8. The van der Waals surface area contributed by atoms with Gasteiger partial charge in [0.2, 0.25) is 5.89 Å². The van der Waals surface area contributed by atoms with Crippen LogP contribution >= 0.6 is 11.3 Å². The summed E-state index contributed by atoms with van der Waals surface area (Å²) >= 11 is 1.49. The molecule has 4 nitrogen and oxygen atoms in total. The molecule has 0 saturated carbocycles. The molecule has 2 aromatic heterocycles. The molecule has 2 heterocycles. The predicted molar refractivity (Wildman–Crippen MR) is 73.8 cm³/mol. The highest BCUT2D eigenvalue weighted by Crippen LogP contribution is 2.23. The van der Waals surface area contributed by atoms with Gasteiger partial charge in [-0.1, -0.05) is 17.3 Å². The van der Waals surface area contributed by atoms with E-state index in [9.17, 15) is 8.78 Å². The summed E-state index contributed by atoms with van der Waals surface area (Å²) in [5.41, 5.74) is 6.31. The van der Waals surface area contributed by atoms with Crippen LogP contribution in [0.5, 0.6) is 0 Å². The fourth-order valence-electron chi connectivity index (χ4n) is 1.89. The largest absolute Gasteiger partial charge is 0.337 e. The third-order valence-electron chi connectivity index (χ3n) is 2.96. The number of hydrogen-bond donors (Lipinski definition) is 1. The number of thiophene rings is 1. The highest BCUT2D eigenvalue weighted by Gasteiger charge is 2.18. The summed E-state index contributed by atoms with van der Waals surface area (Å²) in [7, 11) is 0. The molecule has 108 valence electrons. The molecule has 0 spiro atoms. The highest BCUT2D eigenvalue weighted by molar-refractivity contribution is 7.10. The fourth-order valence-corrected chi connectivity index (χ4v) is 2.61. The first kappa shape index (κ1) is 13.8. The van der Waals surface area contributed by atoms with Gasteiger partial charge in [0.05, 0.1) is 0 Å². The van der Waals surface area contributed by atoms with E-state index in [0.29, 0.717) is 11.4 Å². The minimum atomic E-state index is -0.635. The van der Waals surface area contributed by atoms with Gasteiger partial charge in [-0.25, -0.2) is 8.78 Å². The van der Waals surface area contributed by atoms with Gasteiger partial charge in [0.1, 0.15) is 17.7 Å². The molecule has 1 unspecified atom stereocenters. The smallest absolute Gasteiger partial charge is 0.248 e. The minimum Gasteiger partial charge on any atom is -0.337 e. The molecule has 21 heavy (non-hydrogen) atoms. The molecule has 3 rings (SSSR count). The first-order valence-electron chi connectivity index (χ1n) is 6.19. The van der Waals surface area contributed by atoms with Gasteiger partial charge in [-0.15, -0.1) is 11.3 Å². The Morgan fingerprint density at radius 1 is 1.29 bits per heavy atom. The van der Waals surface area contributed by atoms with Crippen molar-refractivity contribution in [3.05, 3.63) is 69.5 Å². The van der Waals surface area contributed by atoms with Gasteiger partial charge in [0.15, 0.2) is 5.82 Å².